The molecule has 0 aromatic carbocycles. The van der Waals surface area contributed by atoms with Crippen LogP contribution in [0.15, 0.2) is 36.5 Å². The molecule has 2 aromatic rings. The van der Waals surface area contributed by atoms with Crippen molar-refractivity contribution < 1.29 is 14.3 Å². The first kappa shape index (κ1) is 14.5. The van der Waals surface area contributed by atoms with E-state index in [1.807, 2.05) is 19.1 Å². The van der Waals surface area contributed by atoms with Gasteiger partial charge in [-0.2, -0.15) is 0 Å². The number of anilines is 1. The number of carbonyl (C=O) groups excluding carboxylic acids is 1. The van der Waals surface area contributed by atoms with Crippen LogP contribution in [0, 0.1) is 6.92 Å². The van der Waals surface area contributed by atoms with Crippen molar-refractivity contribution >= 4 is 11.7 Å². The van der Waals surface area contributed by atoms with Gasteiger partial charge in [0, 0.05) is 29.9 Å². The molecule has 1 amide bonds. The number of nitrogens with zero attached hydrogens (tertiary/aromatic N) is 2. The van der Waals surface area contributed by atoms with Gasteiger partial charge in [-0.3, -0.25) is 4.79 Å². The largest absolute Gasteiger partial charge is 0.472 e. The number of aryl methyl sites for hydroxylation is 1. The second-order valence-electron chi connectivity index (χ2n) is 5.10. The average Bonchev–Trinajstić information content (AvgIpc) is 3.00. The maximum absolute atomic E-state index is 12.3. The molecule has 0 saturated carbocycles. The van der Waals surface area contributed by atoms with Crippen LogP contribution in [0.5, 0.6) is 5.88 Å². The Morgan fingerprint density at radius 3 is 3.09 bits per heavy atom. The molecule has 1 fully saturated rings. The topological polar surface area (TPSA) is 73.3 Å². The maximum atomic E-state index is 12.3. The van der Waals surface area contributed by atoms with E-state index in [0.29, 0.717) is 30.5 Å². The Morgan fingerprint density at radius 1 is 1.41 bits per heavy atom. The lowest BCUT2D eigenvalue weighted by Gasteiger charge is -2.11. The highest BCUT2D eigenvalue weighted by Crippen LogP contribution is 2.16. The molecule has 6 nitrogen and oxygen atoms in total. The fourth-order valence-electron chi connectivity index (χ4n) is 2.19. The number of rotatable bonds is 4. The predicted molar refractivity (Wildman–Crippen MR) is 81.0 cm³/mol. The number of hydrogen-bond donors (Lipinski definition) is 1. The number of nitrogens with one attached hydrogen (secondary N) is 1. The first-order valence-corrected chi connectivity index (χ1v) is 7.16. The van der Waals surface area contributed by atoms with Gasteiger partial charge >= 0.3 is 0 Å². The summed E-state index contributed by atoms with van der Waals surface area (Å²) in [6.07, 6.45) is 2.40. The van der Waals surface area contributed by atoms with Gasteiger partial charge in [0.25, 0.3) is 5.91 Å². The molecule has 22 heavy (non-hydrogen) atoms. The highest BCUT2D eigenvalue weighted by molar-refractivity contribution is 6.03. The SMILES string of the molecule is Cc1cccc(NC(=O)c2ccnc(O[C@H]3CCOC3)c2)n1. The van der Waals surface area contributed by atoms with E-state index < -0.39 is 0 Å². The van der Waals surface area contributed by atoms with Crippen LogP contribution in [0.3, 0.4) is 0 Å². The molecular weight excluding hydrogens is 282 g/mol. The molecule has 6 heteroatoms. The zero-order valence-electron chi connectivity index (χ0n) is 12.3. The summed E-state index contributed by atoms with van der Waals surface area (Å²) in [5.74, 6) is 0.710. The summed E-state index contributed by atoms with van der Waals surface area (Å²) in [6.45, 7) is 3.13. The van der Waals surface area contributed by atoms with Gasteiger partial charge < -0.3 is 14.8 Å². The molecule has 1 atom stereocenters. The monoisotopic (exact) mass is 299 g/mol. The molecule has 1 aliphatic heterocycles. The Morgan fingerprint density at radius 2 is 2.32 bits per heavy atom. The lowest BCUT2D eigenvalue weighted by molar-refractivity contribution is 0.102. The van der Waals surface area contributed by atoms with Crippen molar-refractivity contribution in [3.8, 4) is 5.88 Å². The fraction of sp³-hybridized carbons (Fsp3) is 0.312. The van der Waals surface area contributed by atoms with Crippen molar-refractivity contribution in [1.29, 1.82) is 0 Å². The lowest BCUT2D eigenvalue weighted by Crippen LogP contribution is -2.17. The second-order valence-corrected chi connectivity index (χ2v) is 5.10. The van der Waals surface area contributed by atoms with Crippen molar-refractivity contribution in [2.75, 3.05) is 18.5 Å². The normalized spacial score (nSPS) is 17.2. The highest BCUT2D eigenvalue weighted by Gasteiger charge is 2.18. The molecule has 0 spiro atoms. The molecule has 2 aromatic heterocycles. The minimum Gasteiger partial charge on any atom is -0.472 e. The van der Waals surface area contributed by atoms with Gasteiger partial charge in [0.2, 0.25) is 5.88 Å². The van der Waals surface area contributed by atoms with Crippen LogP contribution >= 0.6 is 0 Å². The number of pyridine rings is 2. The van der Waals surface area contributed by atoms with E-state index in [1.165, 1.54) is 0 Å². The predicted octanol–water partition coefficient (Wildman–Crippen LogP) is 2.21. The van der Waals surface area contributed by atoms with E-state index in [1.54, 1.807) is 24.4 Å². The van der Waals surface area contributed by atoms with Crippen molar-refractivity contribution in [2.45, 2.75) is 19.4 Å². The molecule has 3 rings (SSSR count). The number of ether oxygens (including phenoxy) is 2. The molecule has 1 saturated heterocycles. The van der Waals surface area contributed by atoms with E-state index in [0.717, 1.165) is 12.1 Å². The number of hydrogen-bond acceptors (Lipinski definition) is 5. The molecular formula is C16H17N3O3. The van der Waals surface area contributed by atoms with E-state index in [-0.39, 0.29) is 12.0 Å². The molecule has 3 heterocycles. The standard InChI is InChI=1S/C16H17N3O3/c1-11-3-2-4-14(18-11)19-16(20)12-5-7-17-15(9-12)22-13-6-8-21-10-13/h2-5,7,9,13H,6,8,10H2,1H3,(H,18,19,20)/t13-/m0/s1. The van der Waals surface area contributed by atoms with Crippen LogP contribution < -0.4 is 10.1 Å². The number of amides is 1. The van der Waals surface area contributed by atoms with Gasteiger partial charge in [-0.25, -0.2) is 9.97 Å². The molecule has 0 radical (unpaired) electrons. The number of aromatic nitrogens is 2. The Hall–Kier alpha value is -2.47. The summed E-state index contributed by atoms with van der Waals surface area (Å²) < 4.78 is 11.0. The Bertz CT molecular complexity index is 669. The molecule has 0 unspecified atom stereocenters. The summed E-state index contributed by atoms with van der Waals surface area (Å²) in [6, 6.07) is 8.74. The first-order chi connectivity index (χ1) is 10.7. The summed E-state index contributed by atoms with van der Waals surface area (Å²) in [4.78, 5) is 20.6. The smallest absolute Gasteiger partial charge is 0.257 e. The van der Waals surface area contributed by atoms with Crippen molar-refractivity contribution in [2.24, 2.45) is 0 Å². The van der Waals surface area contributed by atoms with E-state index in [4.69, 9.17) is 9.47 Å². The highest BCUT2D eigenvalue weighted by atomic mass is 16.5. The first-order valence-electron chi connectivity index (χ1n) is 7.16. The van der Waals surface area contributed by atoms with Crippen molar-refractivity contribution in [1.82, 2.24) is 9.97 Å². The third-order valence-corrected chi connectivity index (χ3v) is 3.30. The lowest BCUT2D eigenvalue weighted by atomic mass is 10.2. The zero-order valence-corrected chi connectivity index (χ0v) is 12.3. The zero-order chi connectivity index (χ0) is 15.4. The third kappa shape index (κ3) is 3.59. The van der Waals surface area contributed by atoms with Crippen LogP contribution in [-0.2, 0) is 4.74 Å². The Balaban J connectivity index is 1.69. The number of carbonyl (C=O) groups is 1. The van der Waals surface area contributed by atoms with Crippen LogP contribution in [0.25, 0.3) is 0 Å². The summed E-state index contributed by atoms with van der Waals surface area (Å²) in [7, 11) is 0. The van der Waals surface area contributed by atoms with E-state index in [9.17, 15) is 4.79 Å². The van der Waals surface area contributed by atoms with Gasteiger partial charge in [0.05, 0.1) is 13.2 Å². The Labute approximate surface area is 128 Å². The Kier molecular flexibility index (Phi) is 4.29. The molecule has 1 N–H and O–H groups in total. The van der Waals surface area contributed by atoms with Crippen LogP contribution in [0.1, 0.15) is 22.5 Å². The van der Waals surface area contributed by atoms with Crippen LogP contribution in [0.4, 0.5) is 5.82 Å². The maximum Gasteiger partial charge on any atom is 0.257 e. The van der Waals surface area contributed by atoms with Gasteiger partial charge in [0.1, 0.15) is 11.9 Å². The fourth-order valence-corrected chi connectivity index (χ4v) is 2.19. The molecule has 1 aliphatic rings. The molecule has 0 bridgehead atoms. The summed E-state index contributed by atoms with van der Waals surface area (Å²) in [5, 5.41) is 2.76. The van der Waals surface area contributed by atoms with Gasteiger partial charge in [-0.1, -0.05) is 6.07 Å². The molecule has 0 aliphatic carbocycles. The van der Waals surface area contributed by atoms with Crippen molar-refractivity contribution in [3.63, 3.8) is 0 Å². The molecule has 114 valence electrons. The summed E-state index contributed by atoms with van der Waals surface area (Å²) >= 11 is 0. The average molecular weight is 299 g/mol. The second kappa shape index (κ2) is 6.53. The quantitative estimate of drug-likeness (QED) is 0.937. The third-order valence-electron chi connectivity index (χ3n) is 3.30. The summed E-state index contributed by atoms with van der Waals surface area (Å²) in [5.41, 5.74) is 1.32. The van der Waals surface area contributed by atoms with Gasteiger partial charge in [0.15, 0.2) is 0 Å². The minimum atomic E-state index is -0.243. The van der Waals surface area contributed by atoms with Crippen LogP contribution in [-0.4, -0.2) is 35.2 Å². The van der Waals surface area contributed by atoms with Crippen molar-refractivity contribution in [3.05, 3.63) is 47.8 Å². The van der Waals surface area contributed by atoms with E-state index in [2.05, 4.69) is 15.3 Å². The van der Waals surface area contributed by atoms with Crippen LogP contribution in [0.2, 0.25) is 0 Å². The minimum absolute atomic E-state index is 0.00394. The van der Waals surface area contributed by atoms with Gasteiger partial charge in [-0.15, -0.1) is 0 Å². The van der Waals surface area contributed by atoms with Gasteiger partial charge in [-0.05, 0) is 25.1 Å². The van der Waals surface area contributed by atoms with E-state index >= 15 is 0 Å².